The van der Waals surface area contributed by atoms with Gasteiger partial charge in [0.05, 0.1) is 30.5 Å². The van der Waals surface area contributed by atoms with Crippen LogP contribution in [0, 0.1) is 10.1 Å². The molecule has 0 unspecified atom stereocenters. The summed E-state index contributed by atoms with van der Waals surface area (Å²) in [6, 6.07) is 16.6. The summed E-state index contributed by atoms with van der Waals surface area (Å²) in [5, 5.41) is 30.6. The lowest BCUT2D eigenvalue weighted by Gasteiger charge is -2.19. The van der Waals surface area contributed by atoms with Crippen LogP contribution in [0.15, 0.2) is 81.1 Å². The quantitative estimate of drug-likeness (QED) is 0.0963. The van der Waals surface area contributed by atoms with Gasteiger partial charge in [0.2, 0.25) is 5.91 Å². The summed E-state index contributed by atoms with van der Waals surface area (Å²) < 4.78 is 10.9. The minimum Gasteiger partial charge on any atom is -0.494 e. The fourth-order valence-electron chi connectivity index (χ4n) is 3.55. The van der Waals surface area contributed by atoms with Crippen LogP contribution < -0.4 is 19.7 Å². The summed E-state index contributed by atoms with van der Waals surface area (Å²) in [7, 11) is 4.98. The van der Waals surface area contributed by atoms with Crippen LogP contribution in [0.4, 0.5) is 34.1 Å². The van der Waals surface area contributed by atoms with Crippen LogP contribution in [-0.4, -0.2) is 50.9 Å². The van der Waals surface area contributed by atoms with Gasteiger partial charge in [-0.15, -0.1) is 10.2 Å². The van der Waals surface area contributed by atoms with E-state index in [1.54, 1.807) is 12.1 Å². The van der Waals surface area contributed by atoms with Gasteiger partial charge in [0.25, 0.3) is 5.69 Å². The van der Waals surface area contributed by atoms with E-state index in [0.717, 1.165) is 18.7 Å². The molecule has 3 aromatic carbocycles. The van der Waals surface area contributed by atoms with Crippen LogP contribution in [0.1, 0.15) is 12.8 Å². The number of nitrogens with one attached hydrogen (secondary N) is 1. The van der Waals surface area contributed by atoms with Crippen LogP contribution in [0.3, 0.4) is 0 Å². The van der Waals surface area contributed by atoms with Crippen molar-refractivity contribution in [3.05, 3.63) is 70.8 Å². The zero-order chi connectivity index (χ0) is 28.9. The van der Waals surface area contributed by atoms with Gasteiger partial charge in [0.15, 0.2) is 0 Å². The van der Waals surface area contributed by atoms with Crippen molar-refractivity contribution in [2.24, 2.45) is 20.5 Å². The molecule has 0 aliphatic carbocycles. The van der Waals surface area contributed by atoms with E-state index in [1.165, 1.54) is 38.5 Å². The highest BCUT2D eigenvalue weighted by atomic mass is 32.1. The summed E-state index contributed by atoms with van der Waals surface area (Å²) in [5.74, 6) is 1.47. The van der Waals surface area contributed by atoms with E-state index < -0.39 is 4.92 Å². The standard InChI is InChI=1S/C27H31N7O5S/c1-33(15-4-5-27(35)28-14-16-40)21-10-6-19(7-11-21)29-31-23-17-26(39-3)24(18-25(23)38-2)32-30-20-8-12-22(13-9-20)34(36)37/h6-13,17-18,40H,4-5,14-16H2,1-3H3,(H,28,35)/b31-29+,32-30+. The number of ether oxygens (including phenoxy) is 2. The van der Waals surface area contributed by atoms with Gasteiger partial charge in [-0.1, -0.05) is 0 Å². The number of carbonyl (C=O) groups excluding carboxylic acids is 1. The van der Waals surface area contributed by atoms with Crippen molar-refractivity contribution in [1.29, 1.82) is 0 Å². The Labute approximate surface area is 237 Å². The largest absolute Gasteiger partial charge is 0.494 e. The van der Waals surface area contributed by atoms with Crippen molar-refractivity contribution >= 4 is 52.7 Å². The molecule has 0 saturated heterocycles. The van der Waals surface area contributed by atoms with E-state index in [9.17, 15) is 14.9 Å². The van der Waals surface area contributed by atoms with E-state index in [-0.39, 0.29) is 11.6 Å². The summed E-state index contributed by atoms with van der Waals surface area (Å²) in [6.45, 7) is 1.31. The summed E-state index contributed by atoms with van der Waals surface area (Å²) in [6.07, 6.45) is 1.20. The zero-order valence-corrected chi connectivity index (χ0v) is 23.4. The number of methoxy groups -OCH3 is 2. The van der Waals surface area contributed by atoms with E-state index in [0.29, 0.717) is 53.0 Å². The lowest BCUT2D eigenvalue weighted by atomic mass is 10.2. The van der Waals surface area contributed by atoms with Gasteiger partial charge in [0.1, 0.15) is 22.9 Å². The van der Waals surface area contributed by atoms with Gasteiger partial charge in [-0.05, 0) is 42.8 Å². The molecule has 0 aliphatic rings. The van der Waals surface area contributed by atoms with Gasteiger partial charge in [-0.2, -0.15) is 22.9 Å². The smallest absolute Gasteiger partial charge is 0.269 e. The molecule has 0 fully saturated rings. The first-order chi connectivity index (χ1) is 19.3. The number of hydrogen-bond donors (Lipinski definition) is 2. The molecule has 0 aliphatic heterocycles. The SMILES string of the molecule is COc1cc(/N=N/c2ccc([N+](=O)[O-])cc2)c(OC)cc1/N=N/c1ccc(N(C)CCCC(=O)NCCS)cc1. The molecule has 40 heavy (non-hydrogen) atoms. The molecule has 0 saturated carbocycles. The van der Waals surface area contributed by atoms with Crippen LogP contribution in [-0.2, 0) is 4.79 Å². The van der Waals surface area contributed by atoms with Crippen molar-refractivity contribution < 1.29 is 19.2 Å². The van der Waals surface area contributed by atoms with Gasteiger partial charge in [-0.25, -0.2) is 0 Å². The fraction of sp³-hybridized carbons (Fsp3) is 0.296. The number of carbonyl (C=O) groups is 1. The van der Waals surface area contributed by atoms with Crippen LogP contribution in [0.2, 0.25) is 0 Å². The Bertz CT molecular complexity index is 1350. The van der Waals surface area contributed by atoms with Gasteiger partial charge >= 0.3 is 0 Å². The highest BCUT2D eigenvalue weighted by molar-refractivity contribution is 7.80. The number of hydrogen-bond acceptors (Lipinski definition) is 11. The Hall–Kier alpha value is -4.52. The summed E-state index contributed by atoms with van der Waals surface area (Å²) in [5.41, 5.74) is 2.88. The highest BCUT2D eigenvalue weighted by Gasteiger charge is 2.12. The third kappa shape index (κ3) is 8.76. The zero-order valence-electron chi connectivity index (χ0n) is 22.5. The molecular weight excluding hydrogens is 534 g/mol. The number of non-ortho nitro benzene ring substituents is 1. The number of nitrogens with zero attached hydrogens (tertiary/aromatic N) is 6. The Morgan fingerprint density at radius 2 is 1.45 bits per heavy atom. The Morgan fingerprint density at radius 3 is 1.93 bits per heavy atom. The monoisotopic (exact) mass is 565 g/mol. The first kappa shape index (κ1) is 30.0. The van der Waals surface area contributed by atoms with Crippen LogP contribution in [0.25, 0.3) is 0 Å². The predicted molar refractivity (Wildman–Crippen MR) is 157 cm³/mol. The molecular formula is C27H31N7O5S. The van der Waals surface area contributed by atoms with Crippen molar-refractivity contribution in [2.75, 3.05) is 45.0 Å². The lowest BCUT2D eigenvalue weighted by molar-refractivity contribution is -0.384. The number of rotatable bonds is 14. The molecule has 1 N–H and O–H groups in total. The van der Waals surface area contributed by atoms with E-state index in [4.69, 9.17) is 9.47 Å². The average Bonchev–Trinajstić information content (AvgIpc) is 2.98. The number of nitro benzene ring substituents is 1. The minimum absolute atomic E-state index is 0.0314. The maximum absolute atomic E-state index is 11.7. The number of anilines is 1. The van der Waals surface area contributed by atoms with Crippen molar-refractivity contribution in [2.45, 2.75) is 12.8 Å². The van der Waals surface area contributed by atoms with E-state index in [2.05, 4.69) is 43.3 Å². The summed E-state index contributed by atoms with van der Waals surface area (Å²) >= 11 is 4.09. The highest BCUT2D eigenvalue weighted by Crippen LogP contribution is 2.41. The number of benzene rings is 3. The second-order valence-electron chi connectivity index (χ2n) is 8.48. The van der Waals surface area contributed by atoms with Crippen molar-refractivity contribution in [1.82, 2.24) is 5.32 Å². The van der Waals surface area contributed by atoms with Crippen LogP contribution >= 0.6 is 12.6 Å². The van der Waals surface area contributed by atoms with E-state index >= 15 is 0 Å². The maximum atomic E-state index is 11.7. The molecule has 210 valence electrons. The number of azo groups is 2. The Morgan fingerprint density at radius 1 is 0.925 bits per heavy atom. The lowest BCUT2D eigenvalue weighted by Crippen LogP contribution is -2.26. The molecule has 0 bridgehead atoms. The molecule has 0 radical (unpaired) electrons. The van der Waals surface area contributed by atoms with Crippen molar-refractivity contribution in [3.63, 3.8) is 0 Å². The topological polar surface area (TPSA) is 143 Å². The molecule has 12 nitrogen and oxygen atoms in total. The maximum Gasteiger partial charge on any atom is 0.269 e. The first-order valence-corrected chi connectivity index (χ1v) is 13.0. The average molecular weight is 566 g/mol. The summed E-state index contributed by atoms with van der Waals surface area (Å²) in [4.78, 5) is 24.2. The molecule has 3 rings (SSSR count). The normalized spacial score (nSPS) is 11.1. The predicted octanol–water partition coefficient (Wildman–Crippen LogP) is 6.71. The Kier molecular flexibility index (Phi) is 11.4. The van der Waals surface area contributed by atoms with Gasteiger partial charge in [-0.3, -0.25) is 14.9 Å². The third-order valence-corrected chi connectivity index (χ3v) is 5.93. The second-order valence-corrected chi connectivity index (χ2v) is 8.93. The van der Waals surface area contributed by atoms with Gasteiger partial charge in [0, 0.05) is 62.3 Å². The molecule has 13 heteroatoms. The minimum atomic E-state index is -0.480. The molecule has 0 spiro atoms. The molecule has 1 amide bonds. The number of nitro groups is 1. The molecule has 0 aromatic heterocycles. The van der Waals surface area contributed by atoms with Crippen LogP contribution in [0.5, 0.6) is 11.5 Å². The Balaban J connectivity index is 1.67. The van der Waals surface area contributed by atoms with Gasteiger partial charge < -0.3 is 19.7 Å². The number of thiol groups is 1. The second kappa shape index (κ2) is 15.2. The first-order valence-electron chi connectivity index (χ1n) is 12.4. The molecule has 0 heterocycles. The van der Waals surface area contributed by atoms with E-state index in [1.807, 2.05) is 31.3 Å². The third-order valence-electron chi connectivity index (χ3n) is 5.71. The molecule has 0 atom stereocenters. The number of amides is 1. The van der Waals surface area contributed by atoms with Crippen molar-refractivity contribution in [3.8, 4) is 11.5 Å². The fourth-order valence-corrected chi connectivity index (χ4v) is 3.66. The molecule has 3 aromatic rings.